The number of methoxy groups -OCH3 is 1. The number of fused-ring (bicyclic) bond motifs is 1. The van der Waals surface area contributed by atoms with Crippen LogP contribution in [0.15, 0.2) is 78.0 Å². The SMILES string of the molecule is COc1ccc(OCCSc2nnc(-c3ccc4c(c3)OCO4)n2-c2ccccc2)cc1. The second-order valence-corrected chi connectivity index (χ2v) is 7.98. The maximum Gasteiger partial charge on any atom is 0.231 e. The van der Waals surface area contributed by atoms with E-state index in [0.717, 1.165) is 45.2 Å². The minimum atomic E-state index is 0.236. The van der Waals surface area contributed by atoms with Gasteiger partial charge in [0.15, 0.2) is 22.5 Å². The Labute approximate surface area is 189 Å². The van der Waals surface area contributed by atoms with Crippen LogP contribution in [0.1, 0.15) is 0 Å². The molecule has 0 saturated carbocycles. The lowest BCUT2D eigenvalue weighted by molar-refractivity contribution is 0.174. The fourth-order valence-corrected chi connectivity index (χ4v) is 4.13. The first kappa shape index (κ1) is 20.3. The number of para-hydroxylation sites is 1. The summed E-state index contributed by atoms with van der Waals surface area (Å²) >= 11 is 1.59. The number of thioether (sulfide) groups is 1. The van der Waals surface area contributed by atoms with E-state index in [4.69, 9.17) is 18.9 Å². The lowest BCUT2D eigenvalue weighted by Gasteiger charge is -2.11. The second kappa shape index (κ2) is 9.23. The minimum absolute atomic E-state index is 0.236. The van der Waals surface area contributed by atoms with Crippen molar-refractivity contribution < 1.29 is 18.9 Å². The number of rotatable bonds is 8. The molecule has 4 aromatic rings. The summed E-state index contributed by atoms with van der Waals surface area (Å²) in [6.07, 6.45) is 0. The van der Waals surface area contributed by atoms with Gasteiger partial charge in [-0.1, -0.05) is 30.0 Å². The van der Waals surface area contributed by atoms with Crippen LogP contribution in [-0.4, -0.2) is 41.0 Å². The van der Waals surface area contributed by atoms with Gasteiger partial charge in [0.2, 0.25) is 6.79 Å². The van der Waals surface area contributed by atoms with Gasteiger partial charge in [0.25, 0.3) is 0 Å². The van der Waals surface area contributed by atoms with Crippen molar-refractivity contribution >= 4 is 11.8 Å². The molecule has 5 rings (SSSR count). The molecule has 0 amide bonds. The fraction of sp³-hybridized carbons (Fsp3) is 0.167. The molecule has 2 heterocycles. The average molecular weight is 448 g/mol. The predicted molar refractivity (Wildman–Crippen MR) is 122 cm³/mol. The lowest BCUT2D eigenvalue weighted by Crippen LogP contribution is -2.03. The number of aromatic nitrogens is 3. The third-order valence-corrected chi connectivity index (χ3v) is 5.81. The molecule has 0 bridgehead atoms. The highest BCUT2D eigenvalue weighted by Crippen LogP contribution is 2.37. The summed E-state index contributed by atoms with van der Waals surface area (Å²) in [5, 5.41) is 9.74. The van der Waals surface area contributed by atoms with E-state index < -0.39 is 0 Å². The molecular formula is C24H21N3O4S. The van der Waals surface area contributed by atoms with Gasteiger partial charge in [0.1, 0.15) is 11.5 Å². The van der Waals surface area contributed by atoms with Crippen molar-refractivity contribution in [1.29, 1.82) is 0 Å². The number of benzene rings is 3. The molecule has 32 heavy (non-hydrogen) atoms. The van der Waals surface area contributed by atoms with Gasteiger partial charge < -0.3 is 18.9 Å². The molecule has 7 nitrogen and oxygen atoms in total. The second-order valence-electron chi connectivity index (χ2n) is 6.92. The van der Waals surface area contributed by atoms with E-state index in [1.807, 2.05) is 72.8 Å². The van der Waals surface area contributed by atoms with Gasteiger partial charge in [-0.25, -0.2) is 0 Å². The number of nitrogens with zero attached hydrogens (tertiary/aromatic N) is 3. The molecule has 1 aliphatic rings. The standard InChI is InChI=1S/C24H21N3O4S/c1-28-19-8-10-20(11-9-19)29-13-14-32-24-26-25-23(27(24)18-5-3-2-4-6-18)17-7-12-21-22(15-17)31-16-30-21/h2-12,15H,13-14,16H2,1H3. The highest BCUT2D eigenvalue weighted by molar-refractivity contribution is 7.99. The van der Waals surface area contributed by atoms with Gasteiger partial charge in [0, 0.05) is 17.0 Å². The molecule has 0 radical (unpaired) electrons. The third-order valence-electron chi connectivity index (χ3n) is 4.92. The Morgan fingerprint density at radius 3 is 2.50 bits per heavy atom. The zero-order valence-electron chi connectivity index (χ0n) is 17.4. The van der Waals surface area contributed by atoms with Gasteiger partial charge in [-0.2, -0.15) is 0 Å². The summed E-state index contributed by atoms with van der Waals surface area (Å²) in [4.78, 5) is 0. The normalized spacial score (nSPS) is 12.0. The van der Waals surface area contributed by atoms with Crippen molar-refractivity contribution in [1.82, 2.24) is 14.8 Å². The van der Waals surface area contributed by atoms with Crippen molar-refractivity contribution in [3.8, 4) is 40.1 Å². The molecule has 1 aliphatic heterocycles. The molecule has 8 heteroatoms. The Morgan fingerprint density at radius 1 is 0.906 bits per heavy atom. The molecular weight excluding hydrogens is 426 g/mol. The van der Waals surface area contributed by atoms with Crippen LogP contribution >= 0.6 is 11.8 Å². The van der Waals surface area contributed by atoms with E-state index in [-0.39, 0.29) is 6.79 Å². The zero-order valence-corrected chi connectivity index (χ0v) is 18.2. The van der Waals surface area contributed by atoms with Crippen LogP contribution in [0, 0.1) is 0 Å². The van der Waals surface area contributed by atoms with Gasteiger partial charge >= 0.3 is 0 Å². The molecule has 1 aromatic heterocycles. The Hall–Kier alpha value is -3.65. The average Bonchev–Trinajstić information content (AvgIpc) is 3.49. The topological polar surface area (TPSA) is 67.6 Å². The minimum Gasteiger partial charge on any atom is -0.497 e. The first-order valence-corrected chi connectivity index (χ1v) is 11.1. The lowest BCUT2D eigenvalue weighted by atomic mass is 10.2. The van der Waals surface area contributed by atoms with E-state index in [1.54, 1.807) is 18.9 Å². The molecule has 0 fully saturated rings. The Bertz CT molecular complexity index is 1200. The van der Waals surface area contributed by atoms with Gasteiger partial charge in [-0.15, -0.1) is 10.2 Å². The predicted octanol–water partition coefficient (Wildman–Crippen LogP) is 4.84. The smallest absolute Gasteiger partial charge is 0.231 e. The summed E-state index contributed by atoms with van der Waals surface area (Å²) in [6, 6.07) is 23.4. The number of ether oxygens (including phenoxy) is 4. The summed E-state index contributed by atoms with van der Waals surface area (Å²) in [6.45, 7) is 0.775. The zero-order chi connectivity index (χ0) is 21.8. The van der Waals surface area contributed by atoms with Gasteiger partial charge in [-0.3, -0.25) is 4.57 Å². The van der Waals surface area contributed by atoms with E-state index in [9.17, 15) is 0 Å². The summed E-state index contributed by atoms with van der Waals surface area (Å²) in [5.74, 6) is 4.53. The van der Waals surface area contributed by atoms with Crippen LogP contribution in [-0.2, 0) is 0 Å². The maximum atomic E-state index is 5.85. The molecule has 0 N–H and O–H groups in total. The van der Waals surface area contributed by atoms with E-state index in [1.165, 1.54) is 0 Å². The van der Waals surface area contributed by atoms with Crippen molar-refractivity contribution in [3.63, 3.8) is 0 Å². The van der Waals surface area contributed by atoms with Crippen LogP contribution in [0.4, 0.5) is 0 Å². The fourth-order valence-electron chi connectivity index (χ4n) is 3.36. The van der Waals surface area contributed by atoms with Crippen LogP contribution in [0.2, 0.25) is 0 Å². The first-order chi connectivity index (χ1) is 15.8. The van der Waals surface area contributed by atoms with Gasteiger partial charge in [-0.05, 0) is 54.6 Å². The van der Waals surface area contributed by atoms with Gasteiger partial charge in [0.05, 0.1) is 13.7 Å². The molecule has 0 saturated heterocycles. The quantitative estimate of drug-likeness (QED) is 0.283. The van der Waals surface area contributed by atoms with Crippen molar-refractivity contribution in [3.05, 3.63) is 72.8 Å². The molecule has 0 spiro atoms. The number of hydrogen-bond donors (Lipinski definition) is 0. The van der Waals surface area contributed by atoms with E-state index in [2.05, 4.69) is 14.8 Å². The molecule has 0 unspecified atom stereocenters. The maximum absolute atomic E-state index is 5.85. The molecule has 3 aromatic carbocycles. The summed E-state index contributed by atoms with van der Waals surface area (Å²) in [5.41, 5.74) is 1.90. The van der Waals surface area contributed by atoms with E-state index >= 15 is 0 Å². The van der Waals surface area contributed by atoms with Crippen LogP contribution < -0.4 is 18.9 Å². The molecule has 0 atom stereocenters. The summed E-state index contributed by atoms with van der Waals surface area (Å²) in [7, 11) is 1.65. The highest BCUT2D eigenvalue weighted by Gasteiger charge is 2.20. The highest BCUT2D eigenvalue weighted by atomic mass is 32.2. The van der Waals surface area contributed by atoms with Crippen molar-refractivity contribution in [2.45, 2.75) is 5.16 Å². The summed E-state index contributed by atoms with van der Waals surface area (Å²) < 4.78 is 24.1. The molecule has 0 aliphatic carbocycles. The van der Waals surface area contributed by atoms with Crippen LogP contribution in [0.3, 0.4) is 0 Å². The first-order valence-electron chi connectivity index (χ1n) is 10.1. The number of hydrogen-bond acceptors (Lipinski definition) is 7. The van der Waals surface area contributed by atoms with E-state index in [0.29, 0.717) is 12.4 Å². The van der Waals surface area contributed by atoms with Crippen LogP contribution in [0.5, 0.6) is 23.0 Å². The third kappa shape index (κ3) is 4.22. The molecule has 162 valence electrons. The van der Waals surface area contributed by atoms with Crippen molar-refractivity contribution in [2.24, 2.45) is 0 Å². The Kier molecular flexibility index (Phi) is 5.85. The van der Waals surface area contributed by atoms with Crippen LogP contribution in [0.25, 0.3) is 17.1 Å². The monoisotopic (exact) mass is 447 g/mol. The van der Waals surface area contributed by atoms with Crippen molar-refractivity contribution in [2.75, 3.05) is 26.3 Å². The Balaban J connectivity index is 1.35. The largest absolute Gasteiger partial charge is 0.497 e. The Morgan fingerprint density at radius 2 is 1.69 bits per heavy atom.